The molecule has 0 saturated carbocycles. The van der Waals surface area contributed by atoms with Crippen LogP contribution in [0.4, 0.5) is 5.82 Å². The highest BCUT2D eigenvalue weighted by molar-refractivity contribution is 5.58. The molecule has 0 amide bonds. The first kappa shape index (κ1) is 15.0. The van der Waals surface area contributed by atoms with Gasteiger partial charge in [-0.15, -0.1) is 0 Å². The van der Waals surface area contributed by atoms with Gasteiger partial charge in [0.1, 0.15) is 5.82 Å². The first-order valence-electron chi connectivity index (χ1n) is 7.87. The van der Waals surface area contributed by atoms with Crippen molar-refractivity contribution in [1.82, 2.24) is 20.0 Å². The molecule has 3 heterocycles. The normalized spacial score (nSPS) is 17.1. The van der Waals surface area contributed by atoms with E-state index in [2.05, 4.69) is 32.4 Å². The number of hydrogen-bond acceptors (Lipinski definition) is 6. The zero-order valence-corrected chi connectivity index (χ0v) is 13.4. The van der Waals surface area contributed by atoms with E-state index >= 15 is 0 Å². The van der Waals surface area contributed by atoms with Crippen LogP contribution in [0.25, 0.3) is 11.5 Å². The number of piperidine rings is 1. The SMILES string of the molecule is CC(C)c1noc(-c2ccnc(NC3CCN(C)CC3)c2)n1. The van der Waals surface area contributed by atoms with Crippen molar-refractivity contribution in [2.45, 2.75) is 38.6 Å². The number of hydrogen-bond donors (Lipinski definition) is 1. The summed E-state index contributed by atoms with van der Waals surface area (Å²) in [5.41, 5.74) is 0.907. The topological polar surface area (TPSA) is 67.1 Å². The van der Waals surface area contributed by atoms with E-state index in [1.165, 1.54) is 0 Å². The molecule has 6 heteroatoms. The summed E-state index contributed by atoms with van der Waals surface area (Å²) < 4.78 is 5.35. The maximum Gasteiger partial charge on any atom is 0.258 e. The van der Waals surface area contributed by atoms with Crippen molar-refractivity contribution in [1.29, 1.82) is 0 Å². The van der Waals surface area contributed by atoms with Crippen LogP contribution in [0.3, 0.4) is 0 Å². The van der Waals surface area contributed by atoms with Crippen molar-refractivity contribution in [3.63, 3.8) is 0 Å². The number of nitrogens with one attached hydrogen (secondary N) is 1. The molecule has 3 rings (SSSR count). The van der Waals surface area contributed by atoms with Crippen LogP contribution in [0, 0.1) is 0 Å². The smallest absolute Gasteiger partial charge is 0.258 e. The lowest BCUT2D eigenvalue weighted by Gasteiger charge is -2.29. The molecule has 6 nitrogen and oxygen atoms in total. The van der Waals surface area contributed by atoms with Crippen LogP contribution in [-0.2, 0) is 0 Å². The first-order chi connectivity index (χ1) is 10.6. The van der Waals surface area contributed by atoms with Crippen LogP contribution >= 0.6 is 0 Å². The minimum absolute atomic E-state index is 0.260. The van der Waals surface area contributed by atoms with Gasteiger partial charge in [0.15, 0.2) is 5.82 Å². The summed E-state index contributed by atoms with van der Waals surface area (Å²) in [6.07, 6.45) is 4.06. The molecular formula is C16H23N5O. The fourth-order valence-corrected chi connectivity index (χ4v) is 2.59. The van der Waals surface area contributed by atoms with Crippen LogP contribution < -0.4 is 5.32 Å². The second-order valence-electron chi connectivity index (χ2n) is 6.26. The molecule has 1 fully saturated rings. The Labute approximate surface area is 130 Å². The average Bonchev–Trinajstić information content (AvgIpc) is 3.00. The van der Waals surface area contributed by atoms with Crippen molar-refractivity contribution in [3.8, 4) is 11.5 Å². The molecule has 118 valence electrons. The molecule has 1 saturated heterocycles. The van der Waals surface area contributed by atoms with E-state index in [0.717, 1.165) is 43.1 Å². The summed E-state index contributed by atoms with van der Waals surface area (Å²) in [5.74, 6) is 2.42. The van der Waals surface area contributed by atoms with E-state index in [1.807, 2.05) is 26.0 Å². The van der Waals surface area contributed by atoms with Gasteiger partial charge in [-0.3, -0.25) is 0 Å². The Balaban J connectivity index is 1.71. The third-order valence-electron chi connectivity index (χ3n) is 4.04. The molecule has 0 aliphatic carbocycles. The van der Waals surface area contributed by atoms with Crippen molar-refractivity contribution in [3.05, 3.63) is 24.2 Å². The maximum atomic E-state index is 5.35. The molecular weight excluding hydrogens is 278 g/mol. The highest BCUT2D eigenvalue weighted by Gasteiger charge is 2.17. The number of aromatic nitrogens is 3. The van der Waals surface area contributed by atoms with Gasteiger partial charge < -0.3 is 14.7 Å². The standard InChI is InChI=1S/C16H23N5O/c1-11(2)15-19-16(22-20-15)12-4-7-17-14(10-12)18-13-5-8-21(3)9-6-13/h4,7,10-11,13H,5-6,8-9H2,1-3H3,(H,17,18). The zero-order chi connectivity index (χ0) is 15.5. The fraction of sp³-hybridized carbons (Fsp3) is 0.562. The van der Waals surface area contributed by atoms with E-state index in [0.29, 0.717) is 11.9 Å². The molecule has 0 atom stereocenters. The molecule has 2 aromatic heterocycles. The number of likely N-dealkylation sites (tertiary alicyclic amines) is 1. The summed E-state index contributed by atoms with van der Waals surface area (Å²) in [6, 6.07) is 4.36. The van der Waals surface area contributed by atoms with Gasteiger partial charge in [-0.1, -0.05) is 19.0 Å². The van der Waals surface area contributed by atoms with Gasteiger partial charge in [0.05, 0.1) is 0 Å². The molecule has 0 bridgehead atoms. The van der Waals surface area contributed by atoms with E-state index in [1.54, 1.807) is 6.20 Å². The molecule has 0 radical (unpaired) electrons. The predicted octanol–water partition coefficient (Wildman–Crippen LogP) is 2.76. The molecule has 22 heavy (non-hydrogen) atoms. The average molecular weight is 301 g/mol. The van der Waals surface area contributed by atoms with E-state index < -0.39 is 0 Å². The third-order valence-corrected chi connectivity index (χ3v) is 4.04. The molecule has 2 aromatic rings. The second-order valence-corrected chi connectivity index (χ2v) is 6.26. The molecule has 1 N–H and O–H groups in total. The van der Waals surface area contributed by atoms with Gasteiger partial charge >= 0.3 is 0 Å². The third kappa shape index (κ3) is 3.44. The second kappa shape index (κ2) is 6.44. The minimum atomic E-state index is 0.260. The fourth-order valence-electron chi connectivity index (χ4n) is 2.59. The lowest BCUT2D eigenvalue weighted by molar-refractivity contribution is 0.263. The Kier molecular flexibility index (Phi) is 4.38. The molecule has 1 aliphatic rings. The lowest BCUT2D eigenvalue weighted by atomic mass is 10.1. The summed E-state index contributed by atoms with van der Waals surface area (Å²) >= 11 is 0. The Morgan fingerprint density at radius 3 is 2.77 bits per heavy atom. The number of pyridine rings is 1. The molecule has 1 aliphatic heterocycles. The van der Waals surface area contributed by atoms with E-state index in [-0.39, 0.29) is 5.92 Å². The highest BCUT2D eigenvalue weighted by Crippen LogP contribution is 2.22. The van der Waals surface area contributed by atoms with Gasteiger partial charge in [0.25, 0.3) is 5.89 Å². The van der Waals surface area contributed by atoms with Crippen molar-refractivity contribution in [2.24, 2.45) is 0 Å². The first-order valence-corrected chi connectivity index (χ1v) is 7.87. The van der Waals surface area contributed by atoms with E-state index in [9.17, 15) is 0 Å². The summed E-state index contributed by atoms with van der Waals surface area (Å²) in [7, 11) is 2.16. The number of nitrogens with zero attached hydrogens (tertiary/aromatic N) is 4. The van der Waals surface area contributed by atoms with Gasteiger partial charge in [0.2, 0.25) is 0 Å². The van der Waals surface area contributed by atoms with Crippen LogP contribution in [0.2, 0.25) is 0 Å². The maximum absolute atomic E-state index is 5.35. The van der Waals surface area contributed by atoms with Crippen LogP contribution in [0.15, 0.2) is 22.9 Å². The molecule has 0 unspecified atom stereocenters. The Morgan fingerprint density at radius 1 is 1.32 bits per heavy atom. The van der Waals surface area contributed by atoms with Gasteiger partial charge in [-0.25, -0.2) is 4.98 Å². The zero-order valence-electron chi connectivity index (χ0n) is 13.4. The van der Waals surface area contributed by atoms with E-state index in [4.69, 9.17) is 4.52 Å². The number of rotatable bonds is 4. The van der Waals surface area contributed by atoms with Gasteiger partial charge in [-0.2, -0.15) is 4.98 Å². The molecule has 0 spiro atoms. The number of anilines is 1. The largest absolute Gasteiger partial charge is 0.367 e. The Hall–Kier alpha value is -1.95. The van der Waals surface area contributed by atoms with Crippen molar-refractivity contribution >= 4 is 5.82 Å². The van der Waals surface area contributed by atoms with Crippen LogP contribution in [-0.4, -0.2) is 46.2 Å². The Bertz CT molecular complexity index is 617. The minimum Gasteiger partial charge on any atom is -0.367 e. The van der Waals surface area contributed by atoms with Gasteiger partial charge in [-0.05, 0) is 45.1 Å². The van der Waals surface area contributed by atoms with Crippen LogP contribution in [0.1, 0.15) is 38.4 Å². The molecule has 0 aromatic carbocycles. The summed E-state index contributed by atoms with van der Waals surface area (Å²) in [5, 5.41) is 7.53. The monoisotopic (exact) mass is 301 g/mol. The Morgan fingerprint density at radius 2 is 2.09 bits per heavy atom. The summed E-state index contributed by atoms with van der Waals surface area (Å²) in [4.78, 5) is 11.2. The highest BCUT2D eigenvalue weighted by atomic mass is 16.5. The summed E-state index contributed by atoms with van der Waals surface area (Å²) in [6.45, 7) is 6.35. The lowest BCUT2D eigenvalue weighted by Crippen LogP contribution is -2.36. The van der Waals surface area contributed by atoms with Crippen molar-refractivity contribution < 1.29 is 4.52 Å². The van der Waals surface area contributed by atoms with Gasteiger partial charge in [0, 0.05) is 23.7 Å². The predicted molar refractivity (Wildman–Crippen MR) is 85.8 cm³/mol. The van der Waals surface area contributed by atoms with Crippen molar-refractivity contribution in [2.75, 3.05) is 25.5 Å². The quantitative estimate of drug-likeness (QED) is 0.936. The van der Waals surface area contributed by atoms with Crippen LogP contribution in [0.5, 0.6) is 0 Å².